The SMILES string of the molecule is CCC(NC(=O)CCc1ccccc1Cl)c1ccccc1OCC(=O)N(C)C. The number of ether oxygens (including phenoxy) is 1. The lowest BCUT2D eigenvalue weighted by molar-refractivity contribution is -0.130. The summed E-state index contributed by atoms with van der Waals surface area (Å²) in [6, 6.07) is 14.8. The molecular formula is C22H27ClN2O3. The molecule has 2 amide bonds. The van der Waals surface area contributed by atoms with Gasteiger partial charge in [-0.3, -0.25) is 9.59 Å². The lowest BCUT2D eigenvalue weighted by Crippen LogP contribution is -2.30. The van der Waals surface area contributed by atoms with E-state index in [1.807, 2.05) is 55.5 Å². The van der Waals surface area contributed by atoms with Gasteiger partial charge in [0, 0.05) is 31.1 Å². The third kappa shape index (κ3) is 6.27. The number of aryl methyl sites for hydroxylation is 1. The van der Waals surface area contributed by atoms with E-state index in [0.29, 0.717) is 30.0 Å². The lowest BCUT2D eigenvalue weighted by atomic mass is 10.0. The van der Waals surface area contributed by atoms with E-state index >= 15 is 0 Å². The Morgan fingerprint density at radius 2 is 1.79 bits per heavy atom. The summed E-state index contributed by atoms with van der Waals surface area (Å²) in [7, 11) is 3.37. The largest absolute Gasteiger partial charge is 0.483 e. The highest BCUT2D eigenvalue weighted by Crippen LogP contribution is 2.27. The zero-order chi connectivity index (χ0) is 20.5. The molecule has 0 spiro atoms. The Bertz CT molecular complexity index is 808. The molecule has 150 valence electrons. The monoisotopic (exact) mass is 402 g/mol. The van der Waals surface area contributed by atoms with Crippen LogP contribution in [0.25, 0.3) is 0 Å². The molecule has 0 saturated heterocycles. The minimum atomic E-state index is -0.190. The Morgan fingerprint density at radius 3 is 2.46 bits per heavy atom. The molecule has 0 heterocycles. The van der Waals surface area contributed by atoms with Crippen LogP contribution in [0.15, 0.2) is 48.5 Å². The third-order valence-electron chi connectivity index (χ3n) is 4.47. The molecule has 0 aliphatic carbocycles. The summed E-state index contributed by atoms with van der Waals surface area (Å²) < 4.78 is 5.71. The van der Waals surface area contributed by atoms with E-state index in [0.717, 1.165) is 11.1 Å². The van der Waals surface area contributed by atoms with Crippen molar-refractivity contribution in [2.45, 2.75) is 32.2 Å². The molecule has 1 unspecified atom stereocenters. The smallest absolute Gasteiger partial charge is 0.259 e. The van der Waals surface area contributed by atoms with Crippen LogP contribution in [-0.4, -0.2) is 37.4 Å². The minimum absolute atomic E-state index is 0.0408. The number of benzene rings is 2. The van der Waals surface area contributed by atoms with Gasteiger partial charge in [-0.2, -0.15) is 0 Å². The maximum Gasteiger partial charge on any atom is 0.259 e. The second-order valence-corrected chi connectivity index (χ2v) is 7.14. The summed E-state index contributed by atoms with van der Waals surface area (Å²) in [4.78, 5) is 25.8. The van der Waals surface area contributed by atoms with Gasteiger partial charge in [-0.15, -0.1) is 0 Å². The number of carbonyl (C=O) groups is 2. The van der Waals surface area contributed by atoms with Crippen molar-refractivity contribution in [1.82, 2.24) is 10.2 Å². The Hall–Kier alpha value is -2.53. The van der Waals surface area contributed by atoms with E-state index in [4.69, 9.17) is 16.3 Å². The fraction of sp³-hybridized carbons (Fsp3) is 0.364. The van der Waals surface area contributed by atoms with Crippen molar-refractivity contribution in [1.29, 1.82) is 0 Å². The molecule has 1 atom stereocenters. The maximum atomic E-state index is 12.5. The Kier molecular flexibility index (Phi) is 8.33. The van der Waals surface area contributed by atoms with E-state index in [1.54, 1.807) is 14.1 Å². The van der Waals surface area contributed by atoms with Gasteiger partial charge in [-0.1, -0.05) is 54.9 Å². The van der Waals surface area contributed by atoms with Crippen LogP contribution in [-0.2, 0) is 16.0 Å². The van der Waals surface area contributed by atoms with Gasteiger partial charge < -0.3 is 15.0 Å². The van der Waals surface area contributed by atoms with Crippen molar-refractivity contribution in [3.8, 4) is 5.75 Å². The molecule has 0 fully saturated rings. The minimum Gasteiger partial charge on any atom is -0.483 e. The van der Waals surface area contributed by atoms with Gasteiger partial charge in [-0.25, -0.2) is 0 Å². The van der Waals surface area contributed by atoms with Crippen LogP contribution in [0.3, 0.4) is 0 Å². The zero-order valence-electron chi connectivity index (χ0n) is 16.6. The predicted octanol–water partition coefficient (Wildman–Crippen LogP) is 4.01. The fourth-order valence-corrected chi connectivity index (χ4v) is 3.01. The lowest BCUT2D eigenvalue weighted by Gasteiger charge is -2.21. The highest BCUT2D eigenvalue weighted by molar-refractivity contribution is 6.31. The van der Waals surface area contributed by atoms with Gasteiger partial charge in [0.15, 0.2) is 6.61 Å². The molecule has 0 radical (unpaired) electrons. The third-order valence-corrected chi connectivity index (χ3v) is 4.84. The summed E-state index contributed by atoms with van der Waals surface area (Å²) in [5, 5.41) is 3.74. The van der Waals surface area contributed by atoms with E-state index < -0.39 is 0 Å². The maximum absolute atomic E-state index is 12.5. The molecule has 28 heavy (non-hydrogen) atoms. The molecule has 0 saturated carbocycles. The van der Waals surface area contributed by atoms with Crippen LogP contribution in [0.5, 0.6) is 5.75 Å². The van der Waals surface area contributed by atoms with Gasteiger partial charge in [0.2, 0.25) is 5.91 Å². The van der Waals surface area contributed by atoms with E-state index in [-0.39, 0.29) is 24.5 Å². The first kappa shape index (κ1) is 21.8. The first-order chi connectivity index (χ1) is 13.4. The highest BCUT2D eigenvalue weighted by Gasteiger charge is 2.18. The fourth-order valence-electron chi connectivity index (χ4n) is 2.78. The van der Waals surface area contributed by atoms with Crippen molar-refractivity contribution in [2.75, 3.05) is 20.7 Å². The molecule has 1 N–H and O–H groups in total. The topological polar surface area (TPSA) is 58.6 Å². The average molecular weight is 403 g/mol. The van der Waals surface area contributed by atoms with Gasteiger partial charge >= 0.3 is 0 Å². The Morgan fingerprint density at radius 1 is 1.11 bits per heavy atom. The molecular weight excluding hydrogens is 376 g/mol. The summed E-state index contributed by atoms with van der Waals surface area (Å²) in [6.45, 7) is 1.96. The molecule has 2 aromatic rings. The van der Waals surface area contributed by atoms with Gasteiger partial charge in [0.05, 0.1) is 6.04 Å². The van der Waals surface area contributed by atoms with Crippen molar-refractivity contribution in [3.63, 3.8) is 0 Å². The number of rotatable bonds is 9. The molecule has 0 aromatic heterocycles. The number of hydrogen-bond acceptors (Lipinski definition) is 3. The van der Waals surface area contributed by atoms with Crippen molar-refractivity contribution >= 4 is 23.4 Å². The molecule has 2 aromatic carbocycles. The Balaban J connectivity index is 2.01. The first-order valence-corrected chi connectivity index (χ1v) is 9.74. The van der Waals surface area contributed by atoms with Crippen molar-refractivity contribution in [2.24, 2.45) is 0 Å². The average Bonchev–Trinajstić information content (AvgIpc) is 2.69. The van der Waals surface area contributed by atoms with Crippen molar-refractivity contribution in [3.05, 3.63) is 64.7 Å². The van der Waals surface area contributed by atoms with Crippen LogP contribution in [0, 0.1) is 0 Å². The van der Waals surface area contributed by atoms with Gasteiger partial charge in [0.1, 0.15) is 5.75 Å². The predicted molar refractivity (Wildman–Crippen MR) is 112 cm³/mol. The molecule has 0 aliphatic rings. The number of hydrogen-bond donors (Lipinski definition) is 1. The zero-order valence-corrected chi connectivity index (χ0v) is 17.3. The van der Waals surface area contributed by atoms with Gasteiger partial charge in [-0.05, 0) is 30.5 Å². The van der Waals surface area contributed by atoms with Crippen LogP contribution < -0.4 is 10.1 Å². The summed E-state index contributed by atoms with van der Waals surface area (Å²) >= 11 is 6.16. The quantitative estimate of drug-likeness (QED) is 0.689. The normalized spacial score (nSPS) is 11.6. The summed E-state index contributed by atoms with van der Waals surface area (Å²) in [5.74, 6) is 0.438. The van der Waals surface area contributed by atoms with E-state index in [1.165, 1.54) is 4.90 Å². The number of nitrogens with zero attached hydrogens (tertiary/aromatic N) is 1. The number of para-hydroxylation sites is 1. The van der Waals surface area contributed by atoms with E-state index in [2.05, 4.69) is 5.32 Å². The first-order valence-electron chi connectivity index (χ1n) is 9.37. The number of nitrogens with one attached hydrogen (secondary N) is 1. The molecule has 0 bridgehead atoms. The van der Waals surface area contributed by atoms with Gasteiger partial charge in [0.25, 0.3) is 5.91 Å². The standard InChI is InChI=1S/C22H27ClN2O3/c1-4-19(24-21(26)14-13-16-9-5-7-11-18(16)23)17-10-6-8-12-20(17)28-15-22(27)25(2)3/h5-12,19H,4,13-15H2,1-3H3,(H,24,26). The number of halogens is 1. The highest BCUT2D eigenvalue weighted by atomic mass is 35.5. The Labute approximate surface area is 171 Å². The molecule has 6 heteroatoms. The van der Waals surface area contributed by atoms with Crippen molar-refractivity contribution < 1.29 is 14.3 Å². The van der Waals surface area contributed by atoms with E-state index in [9.17, 15) is 9.59 Å². The second kappa shape index (κ2) is 10.7. The second-order valence-electron chi connectivity index (χ2n) is 6.73. The van der Waals surface area contributed by atoms with Crippen LogP contribution in [0.4, 0.5) is 0 Å². The summed E-state index contributed by atoms with van der Waals surface area (Å²) in [5.41, 5.74) is 1.82. The molecule has 5 nitrogen and oxygen atoms in total. The van der Waals surface area contributed by atoms with Crippen LogP contribution in [0.2, 0.25) is 5.02 Å². The number of amides is 2. The molecule has 2 rings (SSSR count). The number of carbonyl (C=O) groups excluding carboxylic acids is 2. The van der Waals surface area contributed by atoms with Crippen LogP contribution in [0.1, 0.15) is 36.9 Å². The number of likely N-dealkylation sites (N-methyl/N-ethyl adjacent to an activating group) is 1. The van der Waals surface area contributed by atoms with Crippen LogP contribution >= 0.6 is 11.6 Å². The molecule has 0 aliphatic heterocycles. The summed E-state index contributed by atoms with van der Waals surface area (Å²) in [6.07, 6.45) is 1.64.